The Hall–Kier alpha value is -1.86. The van der Waals surface area contributed by atoms with E-state index >= 15 is 0 Å². The van der Waals surface area contributed by atoms with Gasteiger partial charge >= 0.3 is 5.69 Å². The van der Waals surface area contributed by atoms with Crippen molar-refractivity contribution in [3.63, 3.8) is 0 Å². The zero-order valence-electron chi connectivity index (χ0n) is 11.3. The van der Waals surface area contributed by atoms with E-state index in [0.717, 1.165) is 5.76 Å². The molecule has 0 aliphatic rings. The molecule has 0 saturated heterocycles. The van der Waals surface area contributed by atoms with Gasteiger partial charge in [0.05, 0.1) is 23.8 Å². The Bertz CT molecular complexity index is 577. The highest BCUT2D eigenvalue weighted by atomic mass is 32.1. The second-order valence-corrected chi connectivity index (χ2v) is 5.43. The molecule has 2 rings (SSSR count). The van der Waals surface area contributed by atoms with Crippen molar-refractivity contribution in [1.29, 1.82) is 0 Å². The molecule has 0 spiro atoms. The van der Waals surface area contributed by atoms with Gasteiger partial charge in [0.15, 0.2) is 5.00 Å². The van der Waals surface area contributed by atoms with E-state index in [-0.39, 0.29) is 5.69 Å². The van der Waals surface area contributed by atoms with Crippen molar-refractivity contribution in [3.05, 3.63) is 45.2 Å². The van der Waals surface area contributed by atoms with Gasteiger partial charge < -0.3 is 14.4 Å². The molecule has 0 amide bonds. The summed E-state index contributed by atoms with van der Waals surface area (Å²) in [7, 11) is 0. The number of aliphatic hydroxyl groups is 1. The van der Waals surface area contributed by atoms with Crippen LogP contribution in [0.1, 0.15) is 30.6 Å². The first kappa shape index (κ1) is 14.5. The summed E-state index contributed by atoms with van der Waals surface area (Å²) < 4.78 is 5.29. The maximum atomic E-state index is 11.2. The average molecular weight is 296 g/mol. The molecule has 0 aliphatic heterocycles. The average Bonchev–Trinajstić information content (AvgIpc) is 3.04. The van der Waals surface area contributed by atoms with Crippen LogP contribution < -0.4 is 4.90 Å². The van der Waals surface area contributed by atoms with Crippen LogP contribution in [0.3, 0.4) is 0 Å². The lowest BCUT2D eigenvalue weighted by molar-refractivity contribution is -0.383. The van der Waals surface area contributed by atoms with Crippen LogP contribution >= 0.6 is 11.3 Å². The molecule has 0 fully saturated rings. The molecule has 0 saturated carbocycles. The van der Waals surface area contributed by atoms with Gasteiger partial charge in [0, 0.05) is 17.5 Å². The number of aliphatic hydroxyl groups excluding tert-OH is 1. The largest absolute Gasteiger partial charge is 0.467 e. The molecule has 0 bridgehead atoms. The fourth-order valence-electron chi connectivity index (χ4n) is 1.87. The quantitative estimate of drug-likeness (QED) is 0.653. The summed E-state index contributed by atoms with van der Waals surface area (Å²) in [5, 5.41) is 21.3. The number of hydrogen-bond acceptors (Lipinski definition) is 6. The highest BCUT2D eigenvalue weighted by Gasteiger charge is 2.25. The van der Waals surface area contributed by atoms with Crippen LogP contribution in [0.25, 0.3) is 0 Å². The smallest absolute Gasteiger partial charge is 0.304 e. The van der Waals surface area contributed by atoms with Gasteiger partial charge in [0.25, 0.3) is 0 Å². The molecule has 0 unspecified atom stereocenters. The SMILES string of the molecule is CCN(Cc1ccco1)c1sc([C@H](C)O)cc1[N+](=O)[O-]. The summed E-state index contributed by atoms with van der Waals surface area (Å²) in [6.07, 6.45) is 0.863. The molecule has 0 aliphatic carbocycles. The topological polar surface area (TPSA) is 79.8 Å². The molecular formula is C13H16N2O4S. The van der Waals surface area contributed by atoms with Crippen LogP contribution in [-0.2, 0) is 6.54 Å². The van der Waals surface area contributed by atoms with E-state index in [2.05, 4.69) is 0 Å². The number of thiophene rings is 1. The minimum Gasteiger partial charge on any atom is -0.467 e. The van der Waals surface area contributed by atoms with Crippen LogP contribution in [-0.4, -0.2) is 16.6 Å². The maximum Gasteiger partial charge on any atom is 0.304 e. The van der Waals surface area contributed by atoms with Crippen molar-refractivity contribution in [3.8, 4) is 0 Å². The van der Waals surface area contributed by atoms with Crippen molar-refractivity contribution in [1.82, 2.24) is 0 Å². The van der Waals surface area contributed by atoms with Crippen LogP contribution in [0.2, 0.25) is 0 Å². The highest BCUT2D eigenvalue weighted by Crippen LogP contribution is 2.40. The van der Waals surface area contributed by atoms with Gasteiger partial charge in [-0.15, -0.1) is 11.3 Å². The molecule has 2 aromatic heterocycles. The van der Waals surface area contributed by atoms with E-state index in [4.69, 9.17) is 4.42 Å². The van der Waals surface area contributed by atoms with E-state index in [1.54, 1.807) is 19.3 Å². The number of nitro groups is 1. The summed E-state index contributed by atoms with van der Waals surface area (Å²) in [6.45, 7) is 4.60. The molecule has 0 radical (unpaired) electrons. The summed E-state index contributed by atoms with van der Waals surface area (Å²) >= 11 is 1.24. The number of nitrogens with zero attached hydrogens (tertiary/aromatic N) is 2. The molecule has 20 heavy (non-hydrogen) atoms. The first-order valence-corrected chi connectivity index (χ1v) is 7.08. The van der Waals surface area contributed by atoms with Crippen molar-refractivity contribution in [2.45, 2.75) is 26.5 Å². The Labute approximate surface area is 120 Å². The zero-order chi connectivity index (χ0) is 14.7. The third kappa shape index (κ3) is 3.00. The summed E-state index contributed by atoms with van der Waals surface area (Å²) in [6, 6.07) is 5.06. The van der Waals surface area contributed by atoms with Crippen molar-refractivity contribution < 1.29 is 14.4 Å². The monoisotopic (exact) mass is 296 g/mol. The van der Waals surface area contributed by atoms with E-state index in [0.29, 0.717) is 23.0 Å². The Kier molecular flexibility index (Phi) is 4.41. The second kappa shape index (κ2) is 6.06. The third-order valence-corrected chi connectivity index (χ3v) is 4.27. The van der Waals surface area contributed by atoms with Gasteiger partial charge in [-0.2, -0.15) is 0 Å². The minimum absolute atomic E-state index is 0.0271. The molecule has 6 nitrogen and oxygen atoms in total. The fraction of sp³-hybridized carbons (Fsp3) is 0.385. The normalized spacial score (nSPS) is 12.3. The first-order valence-electron chi connectivity index (χ1n) is 6.26. The summed E-state index contributed by atoms with van der Waals surface area (Å²) in [5.41, 5.74) is 0.0271. The number of hydrogen-bond donors (Lipinski definition) is 1. The van der Waals surface area contributed by atoms with Crippen molar-refractivity contribution >= 4 is 22.0 Å². The standard InChI is InChI=1S/C13H16N2O4S/c1-3-14(8-10-5-4-6-19-10)13-11(15(17)18)7-12(20-13)9(2)16/h4-7,9,16H,3,8H2,1-2H3/t9-/m0/s1. The number of furan rings is 1. The zero-order valence-corrected chi connectivity index (χ0v) is 12.1. The van der Waals surface area contributed by atoms with E-state index in [9.17, 15) is 15.2 Å². The van der Waals surface area contributed by atoms with E-state index in [1.165, 1.54) is 17.4 Å². The molecule has 0 aromatic carbocycles. The minimum atomic E-state index is -0.713. The predicted molar refractivity (Wildman–Crippen MR) is 77.0 cm³/mol. The molecule has 7 heteroatoms. The summed E-state index contributed by atoms with van der Waals surface area (Å²) in [4.78, 5) is 13.2. The fourth-order valence-corrected chi connectivity index (χ4v) is 3.00. The third-order valence-electron chi connectivity index (χ3n) is 2.92. The molecule has 2 heterocycles. The van der Waals surface area contributed by atoms with Gasteiger partial charge in [0.2, 0.25) is 0 Å². The lowest BCUT2D eigenvalue weighted by Gasteiger charge is -2.19. The first-order chi connectivity index (χ1) is 9.52. The van der Waals surface area contributed by atoms with Crippen molar-refractivity contribution in [2.24, 2.45) is 0 Å². The number of rotatable bonds is 6. The van der Waals surface area contributed by atoms with E-state index < -0.39 is 11.0 Å². The van der Waals surface area contributed by atoms with Gasteiger partial charge in [-0.25, -0.2) is 0 Å². The molecule has 2 aromatic rings. The highest BCUT2D eigenvalue weighted by molar-refractivity contribution is 7.16. The second-order valence-electron chi connectivity index (χ2n) is 4.37. The lowest BCUT2D eigenvalue weighted by atomic mass is 10.3. The Morgan fingerprint density at radius 2 is 2.35 bits per heavy atom. The Balaban J connectivity index is 2.34. The summed E-state index contributed by atoms with van der Waals surface area (Å²) in [5.74, 6) is 0.744. The van der Waals surface area contributed by atoms with Crippen LogP contribution in [0.15, 0.2) is 28.9 Å². The Morgan fingerprint density at radius 3 is 2.85 bits per heavy atom. The molecule has 1 N–H and O–H groups in total. The lowest BCUT2D eigenvalue weighted by Crippen LogP contribution is -2.21. The van der Waals surface area contributed by atoms with E-state index in [1.807, 2.05) is 17.9 Å². The van der Waals surface area contributed by atoms with Gasteiger partial charge in [0.1, 0.15) is 5.76 Å². The van der Waals surface area contributed by atoms with Gasteiger partial charge in [-0.1, -0.05) is 0 Å². The maximum absolute atomic E-state index is 11.2. The van der Waals surface area contributed by atoms with Crippen LogP contribution in [0.5, 0.6) is 0 Å². The Morgan fingerprint density at radius 1 is 1.60 bits per heavy atom. The molecule has 108 valence electrons. The molecular weight excluding hydrogens is 280 g/mol. The van der Waals surface area contributed by atoms with Crippen LogP contribution in [0, 0.1) is 10.1 Å². The van der Waals surface area contributed by atoms with Crippen LogP contribution in [0.4, 0.5) is 10.7 Å². The predicted octanol–water partition coefficient (Wildman–Crippen LogP) is 3.33. The van der Waals surface area contributed by atoms with Crippen molar-refractivity contribution in [2.75, 3.05) is 11.4 Å². The van der Waals surface area contributed by atoms with Gasteiger partial charge in [-0.05, 0) is 26.0 Å². The van der Waals surface area contributed by atoms with Gasteiger partial charge in [-0.3, -0.25) is 10.1 Å². The molecule has 1 atom stereocenters. The number of anilines is 1.